The number of nitrogens with one attached hydrogen (secondary N) is 3. The second-order valence-corrected chi connectivity index (χ2v) is 11.9. The second-order valence-electron chi connectivity index (χ2n) is 11.9. The third kappa shape index (κ3) is 6.90. The Bertz CT molecular complexity index is 1580. The molecule has 1 saturated heterocycles. The molecule has 232 valence electrons. The number of aliphatic hydroxyl groups is 1. The first-order valence-electron chi connectivity index (χ1n) is 15.3. The van der Waals surface area contributed by atoms with Gasteiger partial charge < -0.3 is 35.3 Å². The van der Waals surface area contributed by atoms with Gasteiger partial charge in [0.15, 0.2) is 0 Å². The molecule has 0 bridgehead atoms. The van der Waals surface area contributed by atoms with Gasteiger partial charge in [-0.15, -0.1) is 0 Å². The Morgan fingerprint density at radius 1 is 1.05 bits per heavy atom. The van der Waals surface area contributed by atoms with E-state index >= 15 is 0 Å². The fourth-order valence-corrected chi connectivity index (χ4v) is 6.04. The Hall–Kier alpha value is -4.34. The van der Waals surface area contributed by atoms with Crippen LogP contribution in [-0.2, 0) is 16.9 Å². The number of rotatable bonds is 10. The van der Waals surface area contributed by atoms with Gasteiger partial charge in [-0.25, -0.2) is 4.79 Å². The van der Waals surface area contributed by atoms with Crippen molar-refractivity contribution in [2.75, 3.05) is 39.1 Å². The number of urea groups is 1. The third-order valence-corrected chi connectivity index (χ3v) is 8.46. The minimum absolute atomic E-state index is 0.335. The number of piperidine rings is 1. The van der Waals surface area contributed by atoms with Crippen LogP contribution in [0.5, 0.6) is 5.75 Å². The van der Waals surface area contributed by atoms with E-state index in [9.17, 15) is 14.7 Å². The highest BCUT2D eigenvalue weighted by Gasteiger charge is 2.37. The van der Waals surface area contributed by atoms with E-state index in [-0.39, 0.29) is 17.9 Å². The van der Waals surface area contributed by atoms with Crippen LogP contribution in [0.3, 0.4) is 0 Å². The Morgan fingerprint density at radius 2 is 1.75 bits per heavy atom. The lowest BCUT2D eigenvalue weighted by molar-refractivity contribution is -0.118. The Labute approximate surface area is 259 Å². The summed E-state index contributed by atoms with van der Waals surface area (Å²) < 4.78 is 5.85. The number of H-pyrrole nitrogens is 1. The highest BCUT2D eigenvalue weighted by Crippen LogP contribution is 2.34. The molecule has 0 radical (unpaired) electrons. The monoisotopic (exact) mass is 597 g/mol. The number of hydrogen-bond donors (Lipinski definition) is 4. The quantitative estimate of drug-likeness (QED) is 0.195. The molecule has 1 aliphatic heterocycles. The number of likely N-dealkylation sites (tertiary alicyclic amines) is 1. The van der Waals surface area contributed by atoms with E-state index in [2.05, 4.69) is 20.5 Å². The van der Waals surface area contributed by atoms with Crippen molar-refractivity contribution in [1.82, 2.24) is 20.1 Å². The SMILES string of the molecule is CCOc1ccc(CN(C)C)cc1NC(=O)C(NC(=O)N1CCC(O)(c2ccccc2)CC1)C(C)c1c[nH]c2ccccc12. The topological polar surface area (TPSA) is 110 Å². The summed E-state index contributed by atoms with van der Waals surface area (Å²) in [5.74, 6) is -0.122. The van der Waals surface area contributed by atoms with Gasteiger partial charge in [0.2, 0.25) is 5.91 Å². The number of aromatic nitrogens is 1. The number of para-hydroxylation sites is 1. The van der Waals surface area contributed by atoms with E-state index in [0.717, 1.165) is 27.6 Å². The van der Waals surface area contributed by atoms with E-state index in [1.54, 1.807) is 4.90 Å². The third-order valence-electron chi connectivity index (χ3n) is 8.46. The van der Waals surface area contributed by atoms with Crippen LogP contribution in [0.25, 0.3) is 10.9 Å². The zero-order valence-electron chi connectivity index (χ0n) is 26.0. The Kier molecular flexibility index (Phi) is 9.56. The fourth-order valence-electron chi connectivity index (χ4n) is 6.04. The van der Waals surface area contributed by atoms with E-state index < -0.39 is 11.6 Å². The van der Waals surface area contributed by atoms with Gasteiger partial charge >= 0.3 is 6.03 Å². The molecule has 4 aromatic rings. The molecule has 2 heterocycles. The van der Waals surface area contributed by atoms with Gasteiger partial charge in [0, 0.05) is 42.7 Å². The van der Waals surface area contributed by atoms with Crippen LogP contribution in [-0.4, -0.2) is 71.7 Å². The standard InChI is InChI=1S/C35H43N5O4/c1-5-44-31-16-15-25(23-39(3)4)21-30(31)37-33(41)32(24(2)28-22-36-29-14-10-9-13-27(28)29)38-34(42)40-19-17-35(43,18-20-40)26-11-7-6-8-12-26/h6-16,21-22,24,32,36,43H,5,17-20,23H2,1-4H3,(H,37,41)(H,38,42). The molecule has 9 nitrogen and oxygen atoms in total. The van der Waals surface area contributed by atoms with Crippen molar-refractivity contribution in [3.8, 4) is 5.75 Å². The van der Waals surface area contributed by atoms with Crippen LogP contribution in [0.1, 0.15) is 49.3 Å². The molecule has 1 fully saturated rings. The van der Waals surface area contributed by atoms with Crippen LogP contribution in [0, 0.1) is 0 Å². The molecule has 0 saturated carbocycles. The number of amides is 3. The minimum Gasteiger partial charge on any atom is -0.492 e. The highest BCUT2D eigenvalue weighted by molar-refractivity contribution is 5.99. The maximum atomic E-state index is 14.1. The second kappa shape index (κ2) is 13.5. The zero-order chi connectivity index (χ0) is 31.3. The van der Waals surface area contributed by atoms with Crippen molar-refractivity contribution in [2.24, 2.45) is 0 Å². The summed E-state index contributed by atoms with van der Waals surface area (Å²) in [6, 6.07) is 22.1. The predicted molar refractivity (Wildman–Crippen MR) is 174 cm³/mol. The summed E-state index contributed by atoms with van der Waals surface area (Å²) in [5, 5.41) is 18.4. The van der Waals surface area contributed by atoms with E-state index in [1.165, 1.54) is 0 Å². The van der Waals surface area contributed by atoms with Crippen molar-refractivity contribution >= 4 is 28.5 Å². The molecule has 3 amide bonds. The summed E-state index contributed by atoms with van der Waals surface area (Å²) >= 11 is 0. The molecule has 3 aromatic carbocycles. The van der Waals surface area contributed by atoms with Gasteiger partial charge in [-0.3, -0.25) is 4.79 Å². The molecule has 1 aliphatic rings. The minimum atomic E-state index is -0.987. The average Bonchev–Trinajstić information content (AvgIpc) is 3.45. The number of benzene rings is 3. The first kappa shape index (κ1) is 31.1. The highest BCUT2D eigenvalue weighted by atomic mass is 16.5. The van der Waals surface area contributed by atoms with Crippen LogP contribution in [0.4, 0.5) is 10.5 Å². The summed E-state index contributed by atoms with van der Waals surface area (Å²) in [6.45, 7) is 5.75. The van der Waals surface area contributed by atoms with Crippen molar-refractivity contribution in [3.05, 3.63) is 95.7 Å². The summed E-state index contributed by atoms with van der Waals surface area (Å²) in [6.07, 6.45) is 2.73. The van der Waals surface area contributed by atoms with Crippen molar-refractivity contribution in [2.45, 2.75) is 50.8 Å². The smallest absolute Gasteiger partial charge is 0.318 e. The van der Waals surface area contributed by atoms with Crippen LogP contribution < -0.4 is 15.4 Å². The Balaban J connectivity index is 1.39. The van der Waals surface area contributed by atoms with E-state index in [0.29, 0.717) is 50.5 Å². The molecule has 0 spiro atoms. The van der Waals surface area contributed by atoms with Gasteiger partial charge in [0.05, 0.1) is 17.9 Å². The molecular formula is C35H43N5O4. The molecule has 1 aromatic heterocycles. The summed E-state index contributed by atoms with van der Waals surface area (Å²) in [7, 11) is 3.98. The normalized spacial score (nSPS) is 16.0. The van der Waals surface area contributed by atoms with Crippen molar-refractivity contribution in [1.29, 1.82) is 0 Å². The number of anilines is 1. The largest absolute Gasteiger partial charge is 0.492 e. The van der Waals surface area contributed by atoms with Gasteiger partial charge in [0.1, 0.15) is 11.8 Å². The number of aromatic amines is 1. The molecule has 5 rings (SSSR count). The molecule has 2 atom stereocenters. The number of carbonyl (C=O) groups excluding carboxylic acids is 2. The lowest BCUT2D eigenvalue weighted by atomic mass is 9.84. The maximum absolute atomic E-state index is 14.1. The van der Waals surface area contributed by atoms with Gasteiger partial charge in [-0.2, -0.15) is 0 Å². The number of fused-ring (bicyclic) bond motifs is 1. The van der Waals surface area contributed by atoms with Crippen molar-refractivity contribution in [3.63, 3.8) is 0 Å². The van der Waals surface area contributed by atoms with E-state index in [1.807, 2.05) is 107 Å². The number of ether oxygens (including phenoxy) is 1. The lowest BCUT2D eigenvalue weighted by Gasteiger charge is -2.39. The predicted octanol–water partition coefficient (Wildman–Crippen LogP) is 5.43. The van der Waals surface area contributed by atoms with Gasteiger partial charge in [-0.05, 0) is 68.8 Å². The van der Waals surface area contributed by atoms with E-state index in [4.69, 9.17) is 4.74 Å². The van der Waals surface area contributed by atoms with Crippen molar-refractivity contribution < 1.29 is 19.4 Å². The molecule has 4 N–H and O–H groups in total. The number of nitrogens with zero attached hydrogens (tertiary/aromatic N) is 2. The number of carbonyl (C=O) groups is 2. The molecule has 2 unspecified atom stereocenters. The summed E-state index contributed by atoms with van der Waals surface area (Å²) in [4.78, 5) is 34.9. The number of hydrogen-bond acceptors (Lipinski definition) is 5. The Morgan fingerprint density at radius 3 is 2.45 bits per heavy atom. The van der Waals surface area contributed by atoms with Gasteiger partial charge in [-0.1, -0.05) is 61.5 Å². The average molecular weight is 598 g/mol. The molecule has 9 heteroatoms. The first-order valence-corrected chi connectivity index (χ1v) is 15.3. The lowest BCUT2D eigenvalue weighted by Crippen LogP contribution is -2.54. The van der Waals surface area contributed by atoms with Crippen LogP contribution in [0.15, 0.2) is 79.0 Å². The molecular weight excluding hydrogens is 554 g/mol. The summed E-state index contributed by atoms with van der Waals surface area (Å²) in [5.41, 5.74) is 3.35. The van der Waals surface area contributed by atoms with Crippen LogP contribution in [0.2, 0.25) is 0 Å². The fraction of sp³-hybridized carbons (Fsp3) is 0.371. The molecule has 0 aliphatic carbocycles. The molecule has 44 heavy (non-hydrogen) atoms. The van der Waals surface area contributed by atoms with Crippen LogP contribution >= 0.6 is 0 Å². The zero-order valence-corrected chi connectivity index (χ0v) is 26.0. The first-order chi connectivity index (χ1) is 21.2. The van der Waals surface area contributed by atoms with Gasteiger partial charge in [0.25, 0.3) is 0 Å². The maximum Gasteiger partial charge on any atom is 0.318 e.